The molecular formula is C14H18F3NO3Si. The molecule has 0 aliphatic carbocycles. The number of amides is 1. The van der Waals surface area contributed by atoms with Crippen LogP contribution in [0.4, 0.5) is 13.2 Å². The maximum absolute atomic E-state index is 12.4. The van der Waals surface area contributed by atoms with Gasteiger partial charge < -0.3 is 9.74 Å². The summed E-state index contributed by atoms with van der Waals surface area (Å²) in [6.45, 7) is 5.20. The number of alkyl halides is 3. The lowest BCUT2D eigenvalue weighted by molar-refractivity contribution is -0.175. The van der Waals surface area contributed by atoms with Crippen molar-refractivity contribution in [3.8, 4) is 0 Å². The minimum atomic E-state index is -5.05. The minimum absolute atomic E-state index is 0.0635. The number of carbonyl (C=O) groups excluding carboxylic acids is 2. The van der Waals surface area contributed by atoms with Crippen LogP contribution >= 0.6 is 0 Å². The number of rotatable bonds is 5. The van der Waals surface area contributed by atoms with Gasteiger partial charge in [0.05, 0.1) is 0 Å². The Morgan fingerprint density at radius 1 is 1.18 bits per heavy atom. The molecule has 8 heteroatoms. The van der Waals surface area contributed by atoms with Gasteiger partial charge in [0.25, 0.3) is 0 Å². The normalized spacial score (nSPS) is 13.4. The lowest BCUT2D eigenvalue weighted by atomic mass is 10.1. The fraction of sp³-hybridized carbons (Fsp3) is 0.429. The first kappa shape index (κ1) is 18.2. The van der Waals surface area contributed by atoms with E-state index in [1.807, 2.05) is 0 Å². The SMILES string of the molecule is C[Si](C)(C)OC(=O)[C@H](Cc1ccccc1)NC(=O)C(F)(F)F. The molecule has 0 fully saturated rings. The summed E-state index contributed by atoms with van der Waals surface area (Å²) in [5.74, 6) is -3.00. The van der Waals surface area contributed by atoms with Gasteiger partial charge in [-0.25, -0.2) is 0 Å². The number of benzene rings is 1. The molecule has 0 aromatic heterocycles. The fourth-order valence-corrected chi connectivity index (χ4v) is 2.40. The number of carbonyl (C=O) groups is 2. The second-order valence-electron chi connectivity index (χ2n) is 5.75. The zero-order chi connectivity index (χ0) is 17.0. The highest BCUT2D eigenvalue weighted by atomic mass is 28.4. The highest BCUT2D eigenvalue weighted by Gasteiger charge is 2.41. The van der Waals surface area contributed by atoms with Gasteiger partial charge in [-0.3, -0.25) is 9.59 Å². The van der Waals surface area contributed by atoms with Crippen LogP contribution < -0.4 is 5.32 Å². The van der Waals surface area contributed by atoms with Gasteiger partial charge in [0.15, 0.2) is 0 Å². The highest BCUT2D eigenvalue weighted by molar-refractivity contribution is 6.71. The van der Waals surface area contributed by atoms with Crippen LogP contribution in [0.2, 0.25) is 19.6 Å². The van der Waals surface area contributed by atoms with Crippen molar-refractivity contribution in [2.75, 3.05) is 0 Å². The number of nitrogens with one attached hydrogen (secondary N) is 1. The molecule has 4 nitrogen and oxygen atoms in total. The molecular weight excluding hydrogens is 315 g/mol. The van der Waals surface area contributed by atoms with Gasteiger partial charge in [-0.1, -0.05) is 30.3 Å². The van der Waals surface area contributed by atoms with E-state index in [2.05, 4.69) is 0 Å². The second kappa shape index (κ2) is 6.95. The maximum atomic E-state index is 12.4. The Labute approximate surface area is 127 Å². The molecule has 0 saturated heterocycles. The molecule has 1 aromatic carbocycles. The molecule has 1 atom stereocenters. The van der Waals surface area contributed by atoms with Crippen LogP contribution in [0.15, 0.2) is 30.3 Å². The molecule has 122 valence electrons. The summed E-state index contributed by atoms with van der Waals surface area (Å²) in [7, 11) is -2.28. The molecule has 0 heterocycles. The third-order valence-electron chi connectivity index (χ3n) is 2.54. The van der Waals surface area contributed by atoms with Crippen LogP contribution in [0, 0.1) is 0 Å². The van der Waals surface area contributed by atoms with Crippen molar-refractivity contribution >= 4 is 20.2 Å². The molecule has 0 bridgehead atoms. The summed E-state index contributed by atoms with van der Waals surface area (Å²) >= 11 is 0. The minimum Gasteiger partial charge on any atom is -0.518 e. The lowest BCUT2D eigenvalue weighted by Gasteiger charge is -2.24. The number of hydrogen-bond acceptors (Lipinski definition) is 3. The van der Waals surface area contributed by atoms with E-state index in [0.29, 0.717) is 5.56 Å². The van der Waals surface area contributed by atoms with Crippen LogP contribution in [-0.4, -0.2) is 32.4 Å². The van der Waals surface area contributed by atoms with Crippen LogP contribution in [0.5, 0.6) is 0 Å². The molecule has 22 heavy (non-hydrogen) atoms. The standard InChI is InChI=1S/C14H18F3NO3Si/c1-22(2,3)21-12(19)11(18-13(20)14(15,16)17)9-10-7-5-4-6-8-10/h4-8,11H,9H2,1-3H3,(H,18,20)/t11-/m0/s1. The Balaban J connectivity index is 2.90. The summed E-state index contributed by atoms with van der Waals surface area (Å²) in [4.78, 5) is 23.2. The number of halogens is 3. The molecule has 0 radical (unpaired) electrons. The first-order chi connectivity index (χ1) is 9.99. The Morgan fingerprint density at radius 3 is 2.18 bits per heavy atom. The quantitative estimate of drug-likeness (QED) is 0.843. The van der Waals surface area contributed by atoms with Crippen molar-refractivity contribution in [3.05, 3.63) is 35.9 Å². The van der Waals surface area contributed by atoms with E-state index in [-0.39, 0.29) is 6.42 Å². The van der Waals surface area contributed by atoms with E-state index in [1.54, 1.807) is 55.3 Å². The second-order valence-corrected chi connectivity index (χ2v) is 10.2. The molecule has 0 saturated carbocycles. The predicted octanol–water partition coefficient (Wildman–Crippen LogP) is 2.65. The van der Waals surface area contributed by atoms with E-state index in [4.69, 9.17) is 4.43 Å². The van der Waals surface area contributed by atoms with Gasteiger partial charge in [0.2, 0.25) is 8.32 Å². The smallest absolute Gasteiger partial charge is 0.471 e. The zero-order valence-electron chi connectivity index (χ0n) is 12.5. The van der Waals surface area contributed by atoms with E-state index < -0.39 is 32.4 Å². The summed E-state index contributed by atoms with van der Waals surface area (Å²) in [6, 6.07) is 7.09. The molecule has 1 rings (SSSR count). The van der Waals surface area contributed by atoms with Crippen molar-refractivity contribution in [1.29, 1.82) is 0 Å². The van der Waals surface area contributed by atoms with Gasteiger partial charge in [0.1, 0.15) is 6.04 Å². The van der Waals surface area contributed by atoms with Crippen LogP contribution in [0.25, 0.3) is 0 Å². The molecule has 1 aromatic rings. The largest absolute Gasteiger partial charge is 0.518 e. The summed E-state index contributed by atoms with van der Waals surface area (Å²) < 4.78 is 42.4. The Bertz CT molecular complexity index is 526. The van der Waals surface area contributed by atoms with Crippen molar-refractivity contribution in [3.63, 3.8) is 0 Å². The topological polar surface area (TPSA) is 55.4 Å². The van der Waals surface area contributed by atoms with E-state index in [1.165, 1.54) is 0 Å². The highest BCUT2D eigenvalue weighted by Crippen LogP contribution is 2.16. The molecule has 0 aliphatic rings. The average Bonchev–Trinajstić information content (AvgIpc) is 2.36. The Morgan fingerprint density at radius 2 is 1.73 bits per heavy atom. The average molecular weight is 333 g/mol. The Hall–Kier alpha value is -1.83. The molecule has 0 unspecified atom stereocenters. The lowest BCUT2D eigenvalue weighted by Crippen LogP contribution is -2.50. The summed E-state index contributed by atoms with van der Waals surface area (Å²) in [6.07, 6.45) is -5.11. The third kappa shape index (κ3) is 6.29. The van der Waals surface area contributed by atoms with Crippen LogP contribution in [0.3, 0.4) is 0 Å². The van der Waals surface area contributed by atoms with Gasteiger partial charge in [-0.2, -0.15) is 13.2 Å². The van der Waals surface area contributed by atoms with E-state index >= 15 is 0 Å². The van der Waals surface area contributed by atoms with Gasteiger partial charge in [-0.15, -0.1) is 0 Å². The molecule has 1 amide bonds. The van der Waals surface area contributed by atoms with Gasteiger partial charge >= 0.3 is 18.1 Å². The molecule has 1 N–H and O–H groups in total. The molecule has 0 spiro atoms. The first-order valence-electron chi connectivity index (χ1n) is 6.63. The van der Waals surface area contributed by atoms with Crippen LogP contribution in [-0.2, 0) is 20.4 Å². The summed E-state index contributed by atoms with van der Waals surface area (Å²) in [5.41, 5.74) is 0.627. The van der Waals surface area contributed by atoms with Gasteiger partial charge in [-0.05, 0) is 25.2 Å². The van der Waals surface area contributed by atoms with E-state index in [0.717, 1.165) is 0 Å². The van der Waals surface area contributed by atoms with Crippen molar-refractivity contribution in [2.24, 2.45) is 0 Å². The van der Waals surface area contributed by atoms with E-state index in [9.17, 15) is 22.8 Å². The monoisotopic (exact) mass is 333 g/mol. The molecule has 0 aliphatic heterocycles. The zero-order valence-corrected chi connectivity index (χ0v) is 13.5. The third-order valence-corrected chi connectivity index (χ3v) is 3.35. The van der Waals surface area contributed by atoms with Crippen molar-refractivity contribution < 1.29 is 27.2 Å². The van der Waals surface area contributed by atoms with Crippen molar-refractivity contribution in [1.82, 2.24) is 5.32 Å². The van der Waals surface area contributed by atoms with Crippen molar-refractivity contribution in [2.45, 2.75) is 38.3 Å². The van der Waals surface area contributed by atoms with Crippen LogP contribution in [0.1, 0.15) is 5.56 Å². The number of hydrogen-bond donors (Lipinski definition) is 1. The first-order valence-corrected chi connectivity index (χ1v) is 10.0. The van der Waals surface area contributed by atoms with Gasteiger partial charge in [0, 0.05) is 6.42 Å². The fourth-order valence-electron chi connectivity index (χ4n) is 1.66. The maximum Gasteiger partial charge on any atom is 0.471 e. The predicted molar refractivity (Wildman–Crippen MR) is 77.6 cm³/mol. The Kier molecular flexibility index (Phi) is 5.76. The summed E-state index contributed by atoms with van der Waals surface area (Å²) in [5, 5.41) is 1.71.